The van der Waals surface area contributed by atoms with Gasteiger partial charge < -0.3 is 5.73 Å². The molecule has 0 saturated heterocycles. The van der Waals surface area contributed by atoms with E-state index in [4.69, 9.17) is 5.73 Å². The van der Waals surface area contributed by atoms with E-state index < -0.39 is 10.0 Å². The smallest absolute Gasteiger partial charge is 0.243 e. The lowest BCUT2D eigenvalue weighted by molar-refractivity contribution is 0.467. The van der Waals surface area contributed by atoms with Gasteiger partial charge in [0, 0.05) is 25.9 Å². The quantitative estimate of drug-likeness (QED) is 0.923. The number of hydrogen-bond acceptors (Lipinski definition) is 5. The van der Waals surface area contributed by atoms with Crippen molar-refractivity contribution in [3.63, 3.8) is 0 Å². The number of rotatable bonds is 4. The normalized spacial score (nSPS) is 11.9. The van der Waals surface area contributed by atoms with Crippen LogP contribution >= 0.6 is 11.3 Å². The Kier molecular flexibility index (Phi) is 3.65. The van der Waals surface area contributed by atoms with Crippen molar-refractivity contribution < 1.29 is 8.42 Å². The molecular formula is C11H13N3O2S2. The first kappa shape index (κ1) is 13.0. The standard InChI is InChI=1S/C11H13N3O2S2/c1-14(7-9-3-5-17-8-9)18(15,16)10-2-4-13-11(12)6-10/h2-6,8H,7H2,1H3,(H2,12,13). The SMILES string of the molecule is CN(Cc1ccsc1)S(=O)(=O)c1ccnc(N)c1. The van der Waals surface area contributed by atoms with Crippen LogP contribution < -0.4 is 5.73 Å². The van der Waals surface area contributed by atoms with Crippen LogP contribution in [0.4, 0.5) is 5.82 Å². The van der Waals surface area contributed by atoms with Crippen molar-refractivity contribution in [2.45, 2.75) is 11.4 Å². The Hall–Kier alpha value is -1.44. The molecule has 0 aliphatic carbocycles. The van der Waals surface area contributed by atoms with Crippen molar-refractivity contribution in [2.75, 3.05) is 12.8 Å². The summed E-state index contributed by atoms with van der Waals surface area (Å²) in [6.07, 6.45) is 1.39. The second kappa shape index (κ2) is 5.05. The van der Waals surface area contributed by atoms with E-state index in [0.717, 1.165) is 5.56 Å². The maximum atomic E-state index is 12.3. The molecule has 2 aromatic rings. The highest BCUT2D eigenvalue weighted by Gasteiger charge is 2.21. The molecule has 0 atom stereocenters. The number of thiophene rings is 1. The van der Waals surface area contributed by atoms with Crippen molar-refractivity contribution in [3.8, 4) is 0 Å². The van der Waals surface area contributed by atoms with Gasteiger partial charge in [0.05, 0.1) is 4.90 Å². The number of aromatic nitrogens is 1. The fourth-order valence-corrected chi connectivity index (χ4v) is 3.33. The molecule has 0 saturated carbocycles. The highest BCUT2D eigenvalue weighted by atomic mass is 32.2. The summed E-state index contributed by atoms with van der Waals surface area (Å²) in [5.41, 5.74) is 6.46. The van der Waals surface area contributed by atoms with Gasteiger partial charge in [0.15, 0.2) is 0 Å². The molecule has 0 fully saturated rings. The summed E-state index contributed by atoms with van der Waals surface area (Å²) in [6.45, 7) is 0.341. The third kappa shape index (κ3) is 2.69. The minimum atomic E-state index is -3.52. The number of pyridine rings is 1. The number of sulfonamides is 1. The Morgan fingerprint density at radius 1 is 1.44 bits per heavy atom. The molecule has 5 nitrogen and oxygen atoms in total. The molecule has 0 unspecified atom stereocenters. The van der Waals surface area contributed by atoms with Gasteiger partial charge in [-0.25, -0.2) is 13.4 Å². The van der Waals surface area contributed by atoms with E-state index in [1.54, 1.807) is 7.05 Å². The molecule has 0 aliphatic rings. The Morgan fingerprint density at radius 3 is 2.83 bits per heavy atom. The Morgan fingerprint density at radius 2 is 2.22 bits per heavy atom. The predicted molar refractivity (Wildman–Crippen MR) is 71.6 cm³/mol. The number of nitrogen functional groups attached to an aromatic ring is 1. The molecule has 96 valence electrons. The predicted octanol–water partition coefficient (Wildman–Crippen LogP) is 1.55. The summed E-state index contributed by atoms with van der Waals surface area (Å²) in [5, 5.41) is 3.84. The molecular weight excluding hydrogens is 270 g/mol. The third-order valence-corrected chi connectivity index (χ3v) is 4.98. The lowest BCUT2D eigenvalue weighted by Crippen LogP contribution is -2.26. The molecule has 0 aromatic carbocycles. The number of hydrogen-bond donors (Lipinski definition) is 1. The van der Waals surface area contributed by atoms with Gasteiger partial charge in [-0.15, -0.1) is 0 Å². The second-order valence-electron chi connectivity index (χ2n) is 3.81. The minimum absolute atomic E-state index is 0.160. The number of anilines is 1. The zero-order chi connectivity index (χ0) is 13.2. The molecule has 0 radical (unpaired) electrons. The summed E-state index contributed by atoms with van der Waals surface area (Å²) >= 11 is 1.54. The monoisotopic (exact) mass is 283 g/mol. The van der Waals surface area contributed by atoms with E-state index >= 15 is 0 Å². The zero-order valence-corrected chi connectivity index (χ0v) is 11.4. The molecule has 0 amide bonds. The van der Waals surface area contributed by atoms with Gasteiger partial charge in [-0.2, -0.15) is 15.6 Å². The highest BCUT2D eigenvalue weighted by Crippen LogP contribution is 2.18. The summed E-state index contributed by atoms with van der Waals surface area (Å²) < 4.78 is 25.8. The lowest BCUT2D eigenvalue weighted by Gasteiger charge is -2.16. The molecule has 2 heterocycles. The average Bonchev–Trinajstić information content (AvgIpc) is 2.81. The van der Waals surface area contributed by atoms with Crippen LogP contribution in [0.1, 0.15) is 5.56 Å². The highest BCUT2D eigenvalue weighted by molar-refractivity contribution is 7.89. The maximum absolute atomic E-state index is 12.3. The van der Waals surface area contributed by atoms with Crippen LogP contribution in [0.2, 0.25) is 0 Å². The van der Waals surface area contributed by atoms with E-state index in [1.807, 2.05) is 16.8 Å². The largest absolute Gasteiger partial charge is 0.384 e. The first-order valence-corrected chi connectivity index (χ1v) is 7.57. The van der Waals surface area contributed by atoms with Crippen LogP contribution in [-0.2, 0) is 16.6 Å². The van der Waals surface area contributed by atoms with Gasteiger partial charge in [-0.3, -0.25) is 0 Å². The van der Waals surface area contributed by atoms with E-state index in [-0.39, 0.29) is 10.7 Å². The van der Waals surface area contributed by atoms with E-state index in [0.29, 0.717) is 6.54 Å². The molecule has 0 bridgehead atoms. The van der Waals surface area contributed by atoms with Crippen molar-refractivity contribution in [1.82, 2.24) is 9.29 Å². The van der Waals surface area contributed by atoms with Gasteiger partial charge >= 0.3 is 0 Å². The number of nitrogens with two attached hydrogens (primary N) is 1. The maximum Gasteiger partial charge on any atom is 0.243 e. The molecule has 2 aromatic heterocycles. The van der Waals surface area contributed by atoms with Crippen LogP contribution in [-0.4, -0.2) is 24.8 Å². The average molecular weight is 283 g/mol. The van der Waals surface area contributed by atoms with E-state index in [2.05, 4.69) is 4.98 Å². The van der Waals surface area contributed by atoms with Gasteiger partial charge in [0.2, 0.25) is 10.0 Å². The van der Waals surface area contributed by atoms with Gasteiger partial charge in [0.25, 0.3) is 0 Å². The van der Waals surface area contributed by atoms with Gasteiger partial charge in [-0.1, -0.05) is 0 Å². The fraction of sp³-hybridized carbons (Fsp3) is 0.182. The van der Waals surface area contributed by atoms with Crippen LogP contribution in [0.3, 0.4) is 0 Å². The van der Waals surface area contributed by atoms with Crippen molar-refractivity contribution >= 4 is 27.2 Å². The molecule has 0 aliphatic heterocycles. The topological polar surface area (TPSA) is 76.3 Å². The molecule has 18 heavy (non-hydrogen) atoms. The first-order chi connectivity index (χ1) is 8.50. The van der Waals surface area contributed by atoms with Gasteiger partial charge in [0.1, 0.15) is 5.82 Å². The van der Waals surface area contributed by atoms with Crippen LogP contribution in [0.5, 0.6) is 0 Å². The molecule has 7 heteroatoms. The minimum Gasteiger partial charge on any atom is -0.384 e. The van der Waals surface area contributed by atoms with Crippen molar-refractivity contribution in [3.05, 3.63) is 40.7 Å². The molecule has 2 rings (SSSR count). The van der Waals surface area contributed by atoms with E-state index in [1.165, 1.54) is 34.0 Å². The van der Waals surface area contributed by atoms with Crippen molar-refractivity contribution in [2.24, 2.45) is 0 Å². The molecule has 0 spiro atoms. The lowest BCUT2D eigenvalue weighted by atomic mass is 10.3. The Labute approximate surface area is 110 Å². The fourth-order valence-electron chi connectivity index (χ4n) is 1.49. The van der Waals surface area contributed by atoms with Gasteiger partial charge in [-0.05, 0) is 28.5 Å². The van der Waals surface area contributed by atoms with E-state index in [9.17, 15) is 8.42 Å². The summed E-state index contributed by atoms with van der Waals surface area (Å²) in [6, 6.07) is 4.70. The third-order valence-electron chi connectivity index (χ3n) is 2.45. The summed E-state index contributed by atoms with van der Waals surface area (Å²) in [5.74, 6) is 0.194. The number of nitrogens with zero attached hydrogens (tertiary/aromatic N) is 2. The zero-order valence-electron chi connectivity index (χ0n) is 9.78. The molecule has 2 N–H and O–H groups in total. The summed E-state index contributed by atoms with van der Waals surface area (Å²) in [7, 11) is -1.97. The second-order valence-corrected chi connectivity index (χ2v) is 6.63. The van der Waals surface area contributed by atoms with Crippen LogP contribution in [0.15, 0.2) is 40.1 Å². The van der Waals surface area contributed by atoms with Crippen LogP contribution in [0, 0.1) is 0 Å². The summed E-state index contributed by atoms with van der Waals surface area (Å²) in [4.78, 5) is 3.94. The first-order valence-electron chi connectivity index (χ1n) is 5.19. The van der Waals surface area contributed by atoms with Crippen LogP contribution in [0.25, 0.3) is 0 Å². The Balaban J connectivity index is 2.25. The van der Waals surface area contributed by atoms with Crippen molar-refractivity contribution in [1.29, 1.82) is 0 Å². The Bertz CT molecular complexity index is 623.